The summed E-state index contributed by atoms with van der Waals surface area (Å²) in [6, 6.07) is 0.807. The topological polar surface area (TPSA) is 17.1 Å². The first-order valence-corrected chi connectivity index (χ1v) is 5.40. The number of hydrogen-bond donors (Lipinski definition) is 0. The second-order valence-electron chi connectivity index (χ2n) is 4.34. The van der Waals surface area contributed by atoms with Gasteiger partial charge in [0.05, 0.1) is 11.1 Å². The third-order valence-electron chi connectivity index (χ3n) is 2.34. The number of hydrogen-bond acceptors (Lipinski definition) is 1. The summed E-state index contributed by atoms with van der Waals surface area (Å²) < 4.78 is 75.7. The Morgan fingerprint density at radius 3 is 1.95 bits per heavy atom. The molecule has 0 bridgehead atoms. The molecule has 0 aliphatic carbocycles. The average Bonchev–Trinajstić information content (AvgIpc) is 2.24. The lowest BCUT2D eigenvalue weighted by Gasteiger charge is -2.14. The first kappa shape index (κ1) is 16.3. The number of benzene rings is 1. The molecule has 0 atom stereocenters. The maximum absolute atomic E-state index is 12.7. The van der Waals surface area contributed by atoms with Gasteiger partial charge in [-0.2, -0.15) is 26.3 Å². The van der Waals surface area contributed by atoms with E-state index < -0.39 is 34.8 Å². The highest BCUT2D eigenvalue weighted by molar-refractivity contribution is 6.06. The van der Waals surface area contributed by atoms with Crippen LogP contribution in [-0.4, -0.2) is 5.78 Å². The minimum atomic E-state index is -4.90. The van der Waals surface area contributed by atoms with E-state index in [-0.39, 0.29) is 12.1 Å². The maximum atomic E-state index is 12.7. The summed E-state index contributed by atoms with van der Waals surface area (Å²) in [5.41, 5.74) is -3.29. The molecule has 0 saturated carbocycles. The summed E-state index contributed by atoms with van der Waals surface area (Å²) >= 11 is 0. The van der Waals surface area contributed by atoms with Crippen molar-refractivity contribution in [2.75, 3.05) is 0 Å². The Hall–Kier alpha value is -1.79. The Morgan fingerprint density at radius 2 is 1.55 bits per heavy atom. The van der Waals surface area contributed by atoms with Gasteiger partial charge in [0.25, 0.3) is 0 Å². The van der Waals surface area contributed by atoms with Crippen LogP contribution in [0.25, 0.3) is 0 Å². The lowest BCUT2D eigenvalue weighted by Crippen LogP contribution is -2.15. The monoisotopic (exact) mass is 296 g/mol. The van der Waals surface area contributed by atoms with Crippen LogP contribution >= 0.6 is 0 Å². The van der Waals surface area contributed by atoms with Crippen LogP contribution in [0.2, 0.25) is 0 Å². The van der Waals surface area contributed by atoms with E-state index in [1.807, 2.05) is 0 Å². The van der Waals surface area contributed by atoms with Crippen LogP contribution in [0.4, 0.5) is 26.3 Å². The van der Waals surface area contributed by atoms with Crippen molar-refractivity contribution in [3.05, 3.63) is 46.5 Å². The van der Waals surface area contributed by atoms with E-state index in [9.17, 15) is 31.1 Å². The highest BCUT2D eigenvalue weighted by Gasteiger charge is 2.38. The van der Waals surface area contributed by atoms with Gasteiger partial charge in [0.2, 0.25) is 0 Å². The molecule has 1 aromatic carbocycles. The van der Waals surface area contributed by atoms with E-state index in [4.69, 9.17) is 0 Å². The fraction of sp³-hybridized carbons (Fsp3) is 0.308. The quantitative estimate of drug-likeness (QED) is 0.432. The van der Waals surface area contributed by atoms with Gasteiger partial charge in [-0.1, -0.05) is 5.57 Å². The van der Waals surface area contributed by atoms with Gasteiger partial charge in [0.1, 0.15) is 0 Å². The molecule has 0 N–H and O–H groups in total. The van der Waals surface area contributed by atoms with Gasteiger partial charge in [-0.15, -0.1) is 0 Å². The predicted octanol–water partition coefficient (Wildman–Crippen LogP) is 4.87. The smallest absolute Gasteiger partial charge is 0.289 e. The van der Waals surface area contributed by atoms with Gasteiger partial charge in [0.15, 0.2) is 5.78 Å². The van der Waals surface area contributed by atoms with Crippen LogP contribution in [0.15, 0.2) is 29.8 Å². The Morgan fingerprint density at radius 1 is 1.00 bits per heavy atom. The molecule has 0 unspecified atom stereocenters. The number of halogens is 6. The van der Waals surface area contributed by atoms with Gasteiger partial charge in [0, 0.05) is 5.56 Å². The average molecular weight is 296 g/mol. The van der Waals surface area contributed by atoms with E-state index in [0.29, 0.717) is 11.6 Å². The third kappa shape index (κ3) is 3.85. The van der Waals surface area contributed by atoms with Crippen molar-refractivity contribution in [2.24, 2.45) is 0 Å². The summed E-state index contributed by atoms with van der Waals surface area (Å²) in [6.07, 6.45) is -8.85. The predicted molar refractivity (Wildman–Crippen MR) is 60.2 cm³/mol. The zero-order chi connectivity index (χ0) is 15.7. The Balaban J connectivity index is 3.50. The van der Waals surface area contributed by atoms with Crippen LogP contribution in [0.3, 0.4) is 0 Å². The van der Waals surface area contributed by atoms with E-state index in [0.717, 1.165) is 6.08 Å². The Bertz CT molecular complexity index is 547. The lowest BCUT2D eigenvalue weighted by molar-refractivity contribution is -0.141. The van der Waals surface area contributed by atoms with Crippen molar-refractivity contribution >= 4 is 5.78 Å². The van der Waals surface area contributed by atoms with Gasteiger partial charge in [-0.3, -0.25) is 4.79 Å². The van der Waals surface area contributed by atoms with Crippen molar-refractivity contribution in [1.29, 1.82) is 0 Å². The van der Waals surface area contributed by atoms with E-state index in [1.54, 1.807) is 0 Å². The number of allylic oxidation sites excluding steroid dienone is 2. The molecular formula is C13H10F6O. The normalized spacial score (nSPS) is 12.2. The minimum absolute atomic E-state index is 0.227. The standard InChI is InChI=1S/C13H10F6O/c1-7(2)5-11(20)9-6-8(12(14,15)16)3-4-10(9)13(17,18)19/h3-6H,1-2H3. The van der Waals surface area contributed by atoms with Gasteiger partial charge < -0.3 is 0 Å². The summed E-state index contributed by atoms with van der Waals surface area (Å²) in [5.74, 6) is -1.11. The zero-order valence-corrected chi connectivity index (χ0v) is 10.5. The molecule has 0 spiro atoms. The summed E-state index contributed by atoms with van der Waals surface area (Å²) in [4.78, 5) is 11.7. The van der Waals surface area contributed by atoms with E-state index in [1.165, 1.54) is 13.8 Å². The van der Waals surface area contributed by atoms with Crippen molar-refractivity contribution in [1.82, 2.24) is 0 Å². The molecule has 0 heterocycles. The summed E-state index contributed by atoms with van der Waals surface area (Å²) in [6.45, 7) is 2.91. The molecule has 0 amide bonds. The van der Waals surface area contributed by atoms with Crippen molar-refractivity contribution in [3.8, 4) is 0 Å². The maximum Gasteiger partial charge on any atom is 0.417 e. The van der Waals surface area contributed by atoms with Crippen LogP contribution in [-0.2, 0) is 12.4 Å². The third-order valence-corrected chi connectivity index (χ3v) is 2.34. The minimum Gasteiger partial charge on any atom is -0.289 e. The van der Waals surface area contributed by atoms with Crippen molar-refractivity contribution in [2.45, 2.75) is 26.2 Å². The van der Waals surface area contributed by atoms with Gasteiger partial charge in [-0.05, 0) is 38.1 Å². The number of carbonyl (C=O) groups excluding carboxylic acids is 1. The number of ketones is 1. The molecule has 0 aromatic heterocycles. The largest absolute Gasteiger partial charge is 0.417 e. The molecule has 0 fully saturated rings. The molecule has 0 radical (unpaired) electrons. The lowest BCUT2D eigenvalue weighted by atomic mass is 9.98. The number of rotatable bonds is 2. The molecular weight excluding hydrogens is 286 g/mol. The number of alkyl halides is 6. The van der Waals surface area contributed by atoms with Crippen LogP contribution in [0.1, 0.15) is 35.3 Å². The summed E-state index contributed by atoms with van der Waals surface area (Å²) in [7, 11) is 0. The second-order valence-corrected chi connectivity index (χ2v) is 4.34. The second kappa shape index (κ2) is 5.30. The Labute approximate surface area is 110 Å². The molecule has 20 heavy (non-hydrogen) atoms. The van der Waals surface area contributed by atoms with Crippen molar-refractivity contribution < 1.29 is 31.1 Å². The van der Waals surface area contributed by atoms with Gasteiger partial charge in [-0.25, -0.2) is 0 Å². The zero-order valence-electron chi connectivity index (χ0n) is 10.5. The first-order valence-electron chi connectivity index (χ1n) is 5.40. The van der Waals surface area contributed by atoms with E-state index >= 15 is 0 Å². The highest BCUT2D eigenvalue weighted by Crippen LogP contribution is 2.36. The Kier molecular flexibility index (Phi) is 4.31. The molecule has 0 saturated heterocycles. The summed E-state index contributed by atoms with van der Waals surface area (Å²) in [5, 5.41) is 0. The molecule has 1 rings (SSSR count). The molecule has 110 valence electrons. The molecule has 1 aromatic rings. The van der Waals surface area contributed by atoms with E-state index in [2.05, 4.69) is 0 Å². The van der Waals surface area contributed by atoms with Crippen molar-refractivity contribution in [3.63, 3.8) is 0 Å². The fourth-order valence-corrected chi connectivity index (χ4v) is 1.51. The molecule has 0 aliphatic heterocycles. The van der Waals surface area contributed by atoms with Crippen LogP contribution in [0.5, 0.6) is 0 Å². The van der Waals surface area contributed by atoms with Gasteiger partial charge >= 0.3 is 12.4 Å². The molecule has 1 nitrogen and oxygen atoms in total. The SMILES string of the molecule is CC(C)=CC(=O)c1cc(C(F)(F)F)ccc1C(F)(F)F. The number of carbonyl (C=O) groups is 1. The fourth-order valence-electron chi connectivity index (χ4n) is 1.51. The van der Waals surface area contributed by atoms with Crippen LogP contribution in [0, 0.1) is 0 Å². The molecule has 0 aliphatic rings. The first-order chi connectivity index (χ1) is 8.93. The molecule has 7 heteroatoms. The van der Waals surface area contributed by atoms with Crippen LogP contribution < -0.4 is 0 Å². The highest BCUT2D eigenvalue weighted by atomic mass is 19.4.